The van der Waals surface area contributed by atoms with E-state index in [1.807, 2.05) is 13.8 Å². The Labute approximate surface area is 158 Å². The van der Waals surface area contributed by atoms with Crippen molar-refractivity contribution in [2.75, 3.05) is 5.32 Å². The average Bonchev–Trinajstić information content (AvgIpc) is 2.83. The van der Waals surface area contributed by atoms with Gasteiger partial charge in [0.2, 0.25) is 5.91 Å². The molecule has 0 radical (unpaired) electrons. The zero-order chi connectivity index (χ0) is 18.3. The Bertz CT molecular complexity index is 1060. The van der Waals surface area contributed by atoms with Gasteiger partial charge in [-0.15, -0.1) is 11.3 Å². The van der Waals surface area contributed by atoms with Crippen LogP contribution in [0, 0.1) is 20.8 Å². The minimum atomic E-state index is -0.375. The normalized spacial score (nSPS) is 11.1. The number of anilines is 1. The summed E-state index contributed by atoms with van der Waals surface area (Å²) in [5.41, 5.74) is 1.10. The second-order valence-corrected chi connectivity index (χ2v) is 7.65. The second-order valence-electron chi connectivity index (χ2n) is 5.66. The lowest BCUT2D eigenvalue weighted by atomic mass is 10.2. The summed E-state index contributed by atoms with van der Waals surface area (Å²) >= 11 is 13.5. The molecule has 0 aliphatic rings. The summed E-state index contributed by atoms with van der Waals surface area (Å²) in [5.74, 6) is 0.117. The maximum Gasteiger partial charge on any atom is 0.263 e. The number of fused-ring (bicyclic) bond motifs is 1. The summed E-state index contributed by atoms with van der Waals surface area (Å²) in [5, 5.41) is 3.86. The van der Waals surface area contributed by atoms with Crippen LogP contribution in [-0.4, -0.2) is 15.5 Å². The summed E-state index contributed by atoms with van der Waals surface area (Å²) in [6.07, 6.45) is 0. The number of carbonyl (C=O) groups excluding carboxylic acids is 1. The third-order valence-corrected chi connectivity index (χ3v) is 5.93. The maximum atomic E-state index is 12.8. The van der Waals surface area contributed by atoms with Gasteiger partial charge in [0.05, 0.1) is 21.1 Å². The van der Waals surface area contributed by atoms with Crippen molar-refractivity contribution in [2.45, 2.75) is 27.3 Å². The van der Waals surface area contributed by atoms with Crippen molar-refractivity contribution in [1.82, 2.24) is 9.55 Å². The molecule has 2 heterocycles. The molecule has 0 saturated heterocycles. The van der Waals surface area contributed by atoms with Crippen LogP contribution in [0.2, 0.25) is 10.0 Å². The number of aromatic nitrogens is 2. The van der Waals surface area contributed by atoms with Gasteiger partial charge in [0.15, 0.2) is 0 Å². The Hall–Kier alpha value is -1.89. The van der Waals surface area contributed by atoms with Gasteiger partial charge < -0.3 is 5.32 Å². The van der Waals surface area contributed by atoms with E-state index in [-0.39, 0.29) is 23.0 Å². The Kier molecular flexibility index (Phi) is 4.86. The lowest BCUT2D eigenvalue weighted by Gasteiger charge is -2.11. The van der Waals surface area contributed by atoms with Crippen LogP contribution < -0.4 is 10.9 Å². The van der Waals surface area contributed by atoms with Gasteiger partial charge in [0.1, 0.15) is 17.2 Å². The fourth-order valence-corrected chi connectivity index (χ4v) is 3.96. The second kappa shape index (κ2) is 6.78. The first-order valence-corrected chi connectivity index (χ1v) is 9.08. The lowest BCUT2D eigenvalue weighted by Crippen LogP contribution is -2.30. The van der Waals surface area contributed by atoms with Crippen molar-refractivity contribution in [3.05, 3.63) is 54.9 Å². The molecule has 0 aliphatic heterocycles. The summed E-state index contributed by atoms with van der Waals surface area (Å²) in [6, 6.07) is 4.97. The van der Waals surface area contributed by atoms with E-state index in [0.29, 0.717) is 26.8 Å². The van der Waals surface area contributed by atoms with Crippen molar-refractivity contribution < 1.29 is 4.79 Å². The molecule has 5 nitrogen and oxygen atoms in total. The quantitative estimate of drug-likeness (QED) is 0.717. The summed E-state index contributed by atoms with van der Waals surface area (Å²) in [7, 11) is 0. The number of amides is 1. The van der Waals surface area contributed by atoms with E-state index in [1.54, 1.807) is 25.1 Å². The molecular formula is C17H15Cl2N3O2S. The number of carbonyl (C=O) groups is 1. The van der Waals surface area contributed by atoms with Crippen LogP contribution in [0.3, 0.4) is 0 Å². The van der Waals surface area contributed by atoms with Crippen molar-refractivity contribution in [3.8, 4) is 0 Å². The summed E-state index contributed by atoms with van der Waals surface area (Å²) in [4.78, 5) is 31.4. The molecule has 0 unspecified atom stereocenters. The Morgan fingerprint density at radius 3 is 2.72 bits per heavy atom. The highest BCUT2D eigenvalue weighted by Gasteiger charge is 2.17. The molecule has 0 spiro atoms. The predicted molar refractivity (Wildman–Crippen MR) is 103 cm³/mol. The average molecular weight is 396 g/mol. The molecule has 1 aromatic carbocycles. The molecule has 0 fully saturated rings. The van der Waals surface area contributed by atoms with Gasteiger partial charge in [-0.2, -0.15) is 0 Å². The van der Waals surface area contributed by atoms with E-state index >= 15 is 0 Å². The van der Waals surface area contributed by atoms with Crippen molar-refractivity contribution >= 4 is 56.3 Å². The van der Waals surface area contributed by atoms with Crippen LogP contribution in [0.4, 0.5) is 5.69 Å². The largest absolute Gasteiger partial charge is 0.323 e. The monoisotopic (exact) mass is 395 g/mol. The minimum absolute atomic E-state index is 0.148. The first kappa shape index (κ1) is 17.9. The Morgan fingerprint density at radius 1 is 1.28 bits per heavy atom. The number of rotatable bonds is 3. The third-order valence-electron chi connectivity index (χ3n) is 4.01. The number of hydrogen-bond acceptors (Lipinski definition) is 4. The molecule has 3 rings (SSSR count). The van der Waals surface area contributed by atoms with Crippen LogP contribution in [0.5, 0.6) is 0 Å². The topological polar surface area (TPSA) is 64.0 Å². The van der Waals surface area contributed by atoms with Gasteiger partial charge in [-0.1, -0.05) is 29.3 Å². The van der Waals surface area contributed by atoms with Gasteiger partial charge in [-0.3, -0.25) is 14.2 Å². The highest BCUT2D eigenvalue weighted by atomic mass is 35.5. The van der Waals surface area contributed by atoms with Crippen LogP contribution >= 0.6 is 34.5 Å². The van der Waals surface area contributed by atoms with E-state index in [4.69, 9.17) is 23.2 Å². The van der Waals surface area contributed by atoms with Crippen molar-refractivity contribution in [3.63, 3.8) is 0 Å². The molecule has 130 valence electrons. The number of nitrogens with one attached hydrogen (secondary N) is 1. The zero-order valence-corrected chi connectivity index (χ0v) is 16.1. The fourth-order valence-electron chi connectivity index (χ4n) is 2.55. The van der Waals surface area contributed by atoms with E-state index in [0.717, 1.165) is 10.4 Å². The van der Waals surface area contributed by atoms with Gasteiger partial charge in [-0.05, 0) is 38.5 Å². The molecule has 0 bridgehead atoms. The lowest BCUT2D eigenvalue weighted by molar-refractivity contribution is -0.116. The van der Waals surface area contributed by atoms with Crippen LogP contribution in [0.15, 0.2) is 23.0 Å². The molecule has 0 atom stereocenters. The molecule has 0 aliphatic carbocycles. The van der Waals surface area contributed by atoms with Crippen LogP contribution in [-0.2, 0) is 11.3 Å². The van der Waals surface area contributed by atoms with Crippen molar-refractivity contribution in [2.24, 2.45) is 0 Å². The van der Waals surface area contributed by atoms with E-state index in [9.17, 15) is 9.59 Å². The maximum absolute atomic E-state index is 12.8. The number of aryl methyl sites for hydroxylation is 3. The standard InChI is InChI=1S/C17H15Cl2N3O2S/c1-8-9(2)25-16-14(8)17(24)22(10(3)20-16)7-13(23)21-12-6-4-5-11(18)15(12)19/h4-6H,7H2,1-3H3,(H,21,23). The zero-order valence-electron chi connectivity index (χ0n) is 13.8. The number of halogens is 2. The molecule has 3 aromatic rings. The van der Waals surface area contributed by atoms with Gasteiger partial charge in [-0.25, -0.2) is 4.98 Å². The van der Waals surface area contributed by atoms with E-state index < -0.39 is 0 Å². The molecule has 2 aromatic heterocycles. The van der Waals surface area contributed by atoms with E-state index in [1.165, 1.54) is 15.9 Å². The molecule has 25 heavy (non-hydrogen) atoms. The van der Waals surface area contributed by atoms with Gasteiger partial charge in [0.25, 0.3) is 5.56 Å². The number of nitrogens with zero attached hydrogens (tertiary/aromatic N) is 2. The first-order chi connectivity index (χ1) is 11.8. The van der Waals surface area contributed by atoms with Crippen LogP contribution in [0.25, 0.3) is 10.2 Å². The highest BCUT2D eigenvalue weighted by Crippen LogP contribution is 2.29. The number of thiophene rings is 1. The minimum Gasteiger partial charge on any atom is -0.323 e. The van der Waals surface area contributed by atoms with Gasteiger partial charge in [0, 0.05) is 4.88 Å². The fraction of sp³-hybridized carbons (Fsp3) is 0.235. The van der Waals surface area contributed by atoms with E-state index in [2.05, 4.69) is 10.3 Å². The number of benzene rings is 1. The summed E-state index contributed by atoms with van der Waals surface area (Å²) < 4.78 is 1.37. The molecule has 1 N–H and O–H groups in total. The SMILES string of the molecule is Cc1sc2nc(C)n(CC(=O)Nc3cccc(Cl)c3Cl)c(=O)c2c1C. The molecular weight excluding hydrogens is 381 g/mol. The van der Waals surface area contributed by atoms with Gasteiger partial charge >= 0.3 is 0 Å². The smallest absolute Gasteiger partial charge is 0.263 e. The predicted octanol–water partition coefficient (Wildman–Crippen LogP) is 4.33. The first-order valence-electron chi connectivity index (χ1n) is 7.50. The molecule has 8 heteroatoms. The molecule has 0 saturated carbocycles. The Balaban J connectivity index is 1.95. The van der Waals surface area contributed by atoms with Crippen LogP contribution in [0.1, 0.15) is 16.3 Å². The Morgan fingerprint density at radius 2 is 2.00 bits per heavy atom. The number of hydrogen-bond donors (Lipinski definition) is 1. The molecule has 1 amide bonds. The summed E-state index contributed by atoms with van der Waals surface area (Å²) in [6.45, 7) is 5.41. The third kappa shape index (κ3) is 3.29. The van der Waals surface area contributed by atoms with Crippen molar-refractivity contribution in [1.29, 1.82) is 0 Å². The highest BCUT2D eigenvalue weighted by molar-refractivity contribution is 7.18.